The molecule has 0 amide bonds. The molecular formula is C38H34N2O6. The van der Waals surface area contributed by atoms with Crippen molar-refractivity contribution < 1.29 is 28.7 Å². The molecule has 5 rings (SSSR count). The number of carbonyl (C=O) groups is 4. The van der Waals surface area contributed by atoms with Crippen molar-refractivity contribution in [2.45, 2.75) is 32.7 Å². The maximum Gasteiger partial charge on any atom is 0.333 e. The number of aliphatic imine (C=N–C) groups is 1. The zero-order chi connectivity index (χ0) is 32.8. The van der Waals surface area contributed by atoms with E-state index in [9.17, 15) is 19.2 Å². The van der Waals surface area contributed by atoms with Gasteiger partial charge in [-0.05, 0) is 77.7 Å². The van der Waals surface area contributed by atoms with E-state index in [-0.39, 0.29) is 18.9 Å². The highest BCUT2D eigenvalue weighted by Gasteiger charge is 2.39. The third-order valence-electron chi connectivity index (χ3n) is 7.57. The van der Waals surface area contributed by atoms with Crippen LogP contribution in [0.5, 0.6) is 0 Å². The summed E-state index contributed by atoms with van der Waals surface area (Å²) in [7, 11) is 0. The van der Waals surface area contributed by atoms with Gasteiger partial charge in [-0.25, -0.2) is 14.6 Å². The predicted molar refractivity (Wildman–Crippen MR) is 178 cm³/mol. The molecule has 0 heterocycles. The van der Waals surface area contributed by atoms with Gasteiger partial charge in [-0.15, -0.1) is 0 Å². The zero-order valence-corrected chi connectivity index (χ0v) is 25.8. The van der Waals surface area contributed by atoms with Gasteiger partial charge in [0.05, 0.1) is 18.9 Å². The van der Waals surface area contributed by atoms with Gasteiger partial charge in [-0.2, -0.15) is 0 Å². The van der Waals surface area contributed by atoms with E-state index in [4.69, 9.17) is 9.47 Å². The second-order valence-corrected chi connectivity index (χ2v) is 11.2. The van der Waals surface area contributed by atoms with E-state index >= 15 is 0 Å². The molecule has 1 atom stereocenters. The second kappa shape index (κ2) is 14.0. The van der Waals surface area contributed by atoms with Crippen LogP contribution in [0.2, 0.25) is 0 Å². The molecule has 1 aliphatic rings. The number of hydrogen-bond donors (Lipinski definition) is 1. The van der Waals surface area contributed by atoms with Gasteiger partial charge in [0.1, 0.15) is 11.8 Å². The standard InChI is InChI=1S/C38H34N2O6/c1-23(2)37(43)45-19-17-25-9-13-29(14-10-25)39-33-31-21-27-7-5-6-8-28(27)22-32(31)34(36(42)35(33)41)40-30-15-11-26(12-16-30)18-20-46-38(44)24(3)4/h5-16,21-22,33,39H,1,3,17-20H2,2,4H3. The number of Topliss-reactive ketones (excluding diaryl/α,β-unsaturated/α-hetero) is 2. The van der Waals surface area contributed by atoms with Crippen molar-refractivity contribution in [3.63, 3.8) is 0 Å². The van der Waals surface area contributed by atoms with Crippen molar-refractivity contribution in [1.82, 2.24) is 0 Å². The van der Waals surface area contributed by atoms with Crippen LogP contribution in [0.1, 0.15) is 42.1 Å². The van der Waals surface area contributed by atoms with Crippen LogP contribution in [-0.4, -0.2) is 42.4 Å². The zero-order valence-electron chi connectivity index (χ0n) is 25.8. The quantitative estimate of drug-likeness (QED) is 0.115. The van der Waals surface area contributed by atoms with Crippen LogP contribution >= 0.6 is 0 Å². The lowest BCUT2D eigenvalue weighted by atomic mass is 9.82. The molecule has 232 valence electrons. The van der Waals surface area contributed by atoms with Crippen LogP contribution in [0.25, 0.3) is 10.8 Å². The monoisotopic (exact) mass is 614 g/mol. The van der Waals surface area contributed by atoms with E-state index in [1.54, 1.807) is 26.0 Å². The van der Waals surface area contributed by atoms with Gasteiger partial charge in [0.2, 0.25) is 11.6 Å². The highest BCUT2D eigenvalue weighted by molar-refractivity contribution is 6.71. The first-order chi connectivity index (χ1) is 22.1. The van der Waals surface area contributed by atoms with Crippen molar-refractivity contribution >= 4 is 51.4 Å². The summed E-state index contributed by atoms with van der Waals surface area (Å²) in [5.41, 5.74) is 5.10. The summed E-state index contributed by atoms with van der Waals surface area (Å²) in [5.74, 6) is -2.14. The first kappa shape index (κ1) is 31.8. The molecule has 1 unspecified atom stereocenters. The van der Waals surface area contributed by atoms with Gasteiger partial charge in [0.25, 0.3) is 0 Å². The fourth-order valence-electron chi connectivity index (χ4n) is 5.04. The third kappa shape index (κ3) is 7.35. The molecule has 8 heteroatoms. The second-order valence-electron chi connectivity index (χ2n) is 11.2. The van der Waals surface area contributed by atoms with Crippen LogP contribution in [0.3, 0.4) is 0 Å². The minimum Gasteiger partial charge on any atom is -0.462 e. The first-order valence-corrected chi connectivity index (χ1v) is 14.9. The van der Waals surface area contributed by atoms with Crippen LogP contribution in [0.15, 0.2) is 114 Å². The minimum atomic E-state index is -0.905. The normalized spacial score (nSPS) is 14.9. The highest BCUT2D eigenvalue weighted by Crippen LogP contribution is 2.34. The largest absolute Gasteiger partial charge is 0.462 e. The number of ketones is 2. The van der Waals surface area contributed by atoms with E-state index in [0.717, 1.165) is 21.9 Å². The minimum absolute atomic E-state index is 0.0894. The number of ether oxygens (including phenoxy) is 2. The summed E-state index contributed by atoms with van der Waals surface area (Å²) >= 11 is 0. The Bertz CT molecular complexity index is 1890. The van der Waals surface area contributed by atoms with Crippen molar-refractivity contribution in [3.05, 3.63) is 131 Å². The fourth-order valence-corrected chi connectivity index (χ4v) is 5.04. The Hall–Kier alpha value is -5.63. The number of anilines is 1. The Morgan fingerprint density at radius 3 is 1.83 bits per heavy atom. The van der Waals surface area contributed by atoms with Crippen molar-refractivity contribution in [3.8, 4) is 0 Å². The van der Waals surface area contributed by atoms with Gasteiger partial charge in [0, 0.05) is 35.2 Å². The van der Waals surface area contributed by atoms with Crippen molar-refractivity contribution in [1.29, 1.82) is 0 Å². The number of carbonyl (C=O) groups excluding carboxylic acids is 4. The molecule has 0 fully saturated rings. The summed E-state index contributed by atoms with van der Waals surface area (Å²) in [4.78, 5) is 55.2. The molecule has 0 saturated heterocycles. The Balaban J connectivity index is 1.39. The smallest absolute Gasteiger partial charge is 0.333 e. The SMILES string of the molecule is C=C(C)C(=O)OCCc1ccc(N=C2C(=O)C(=O)C(Nc3ccc(CCOC(=O)C(=C)C)cc3)c3cc4ccccc4cc32)cc1. The number of nitrogens with one attached hydrogen (secondary N) is 1. The molecular weight excluding hydrogens is 580 g/mol. The number of benzene rings is 4. The van der Waals surface area contributed by atoms with E-state index in [0.29, 0.717) is 46.5 Å². The number of hydrogen-bond acceptors (Lipinski definition) is 8. The molecule has 0 aliphatic heterocycles. The van der Waals surface area contributed by atoms with Gasteiger partial charge >= 0.3 is 11.9 Å². The molecule has 0 spiro atoms. The number of nitrogens with zero attached hydrogens (tertiary/aromatic N) is 1. The van der Waals surface area contributed by atoms with Gasteiger partial charge < -0.3 is 14.8 Å². The lowest BCUT2D eigenvalue weighted by Crippen LogP contribution is -2.39. The molecule has 1 N–H and O–H groups in total. The van der Waals surface area contributed by atoms with E-state index in [2.05, 4.69) is 23.5 Å². The molecule has 0 radical (unpaired) electrons. The highest BCUT2D eigenvalue weighted by atomic mass is 16.5. The summed E-state index contributed by atoms with van der Waals surface area (Å²) < 4.78 is 10.4. The molecule has 0 bridgehead atoms. The van der Waals surface area contributed by atoms with Crippen LogP contribution in [0, 0.1) is 0 Å². The average molecular weight is 615 g/mol. The maximum atomic E-state index is 13.6. The van der Waals surface area contributed by atoms with Gasteiger partial charge in [-0.1, -0.05) is 61.7 Å². The lowest BCUT2D eigenvalue weighted by Gasteiger charge is -2.27. The van der Waals surface area contributed by atoms with Gasteiger partial charge in [0.15, 0.2) is 0 Å². The Kier molecular flexibility index (Phi) is 9.67. The van der Waals surface area contributed by atoms with Crippen molar-refractivity contribution in [2.75, 3.05) is 18.5 Å². The van der Waals surface area contributed by atoms with Crippen molar-refractivity contribution in [2.24, 2.45) is 4.99 Å². The molecule has 4 aromatic carbocycles. The van der Waals surface area contributed by atoms with E-state index < -0.39 is 29.5 Å². The Labute approximate surface area is 267 Å². The summed E-state index contributed by atoms with van der Waals surface area (Å²) in [6, 6.07) is 25.4. The van der Waals surface area contributed by atoms with Gasteiger partial charge in [-0.3, -0.25) is 9.59 Å². The summed E-state index contributed by atoms with van der Waals surface area (Å²) in [6.45, 7) is 10.8. The van der Waals surface area contributed by atoms with Crippen LogP contribution in [0.4, 0.5) is 11.4 Å². The Morgan fingerprint density at radius 2 is 1.28 bits per heavy atom. The molecule has 0 aromatic heterocycles. The molecule has 4 aromatic rings. The predicted octanol–water partition coefficient (Wildman–Crippen LogP) is 6.59. The maximum absolute atomic E-state index is 13.6. The molecule has 46 heavy (non-hydrogen) atoms. The molecule has 0 saturated carbocycles. The third-order valence-corrected chi connectivity index (χ3v) is 7.57. The first-order valence-electron chi connectivity index (χ1n) is 14.9. The number of rotatable bonds is 11. The summed E-state index contributed by atoms with van der Waals surface area (Å²) in [6.07, 6.45) is 1.04. The number of fused-ring (bicyclic) bond motifs is 2. The number of esters is 2. The lowest BCUT2D eigenvalue weighted by molar-refractivity contribution is -0.139. The molecule has 8 nitrogen and oxygen atoms in total. The average Bonchev–Trinajstić information content (AvgIpc) is 3.05. The van der Waals surface area contributed by atoms with Crippen LogP contribution < -0.4 is 5.32 Å². The van der Waals surface area contributed by atoms with E-state index in [1.165, 1.54) is 0 Å². The summed E-state index contributed by atoms with van der Waals surface area (Å²) in [5, 5.41) is 5.12. The Morgan fingerprint density at radius 1 is 0.761 bits per heavy atom. The van der Waals surface area contributed by atoms with Crippen LogP contribution in [-0.2, 0) is 41.5 Å². The fraction of sp³-hybridized carbons (Fsp3) is 0.184. The topological polar surface area (TPSA) is 111 Å². The molecule has 1 aliphatic carbocycles. The van der Waals surface area contributed by atoms with E-state index in [1.807, 2.05) is 72.8 Å².